The summed E-state index contributed by atoms with van der Waals surface area (Å²) in [5, 5.41) is 7.71. The molecule has 1 atom stereocenters. The Morgan fingerprint density at radius 2 is 1.89 bits per heavy atom. The normalized spacial score (nSPS) is 12.4. The molecule has 0 saturated carbocycles. The molecule has 1 aromatic heterocycles. The van der Waals surface area contributed by atoms with Crippen LogP contribution < -0.4 is 10.2 Å². The van der Waals surface area contributed by atoms with Crippen LogP contribution in [0.15, 0.2) is 36.5 Å². The van der Waals surface area contributed by atoms with Gasteiger partial charge in [0.1, 0.15) is 0 Å². The van der Waals surface area contributed by atoms with E-state index in [1.54, 1.807) is 0 Å². The van der Waals surface area contributed by atoms with Crippen LogP contribution in [0.2, 0.25) is 0 Å². The summed E-state index contributed by atoms with van der Waals surface area (Å²) in [4.78, 5) is 2.11. The van der Waals surface area contributed by atoms with Crippen molar-refractivity contribution in [1.29, 1.82) is 0 Å². The van der Waals surface area contributed by atoms with Crippen LogP contribution in [-0.2, 0) is 6.54 Å². The molecular formula is C15H22N4. The fraction of sp³-hybridized carbons (Fsp3) is 0.400. The number of anilines is 1. The van der Waals surface area contributed by atoms with E-state index in [0.29, 0.717) is 0 Å². The third-order valence-electron chi connectivity index (χ3n) is 3.38. The standard InChI is InChI=1S/C15H22N4/c1-5-19-14(10-11-17-19)15(16-2)12-6-8-13(9-7-12)18(3)4/h6-11,15-16H,5H2,1-4H3. The average Bonchev–Trinajstić information content (AvgIpc) is 2.88. The Morgan fingerprint density at radius 1 is 1.21 bits per heavy atom. The third kappa shape index (κ3) is 2.79. The quantitative estimate of drug-likeness (QED) is 0.893. The number of aromatic nitrogens is 2. The van der Waals surface area contributed by atoms with Crippen LogP contribution in [0.3, 0.4) is 0 Å². The van der Waals surface area contributed by atoms with E-state index in [1.165, 1.54) is 16.9 Å². The zero-order valence-electron chi connectivity index (χ0n) is 12.1. The zero-order valence-corrected chi connectivity index (χ0v) is 12.1. The molecule has 1 N–H and O–H groups in total. The molecule has 0 radical (unpaired) electrons. The Kier molecular flexibility index (Phi) is 4.22. The highest BCUT2D eigenvalue weighted by atomic mass is 15.3. The summed E-state index contributed by atoms with van der Waals surface area (Å²) in [6.45, 7) is 2.99. The first-order valence-corrected chi connectivity index (χ1v) is 6.63. The monoisotopic (exact) mass is 258 g/mol. The lowest BCUT2D eigenvalue weighted by Gasteiger charge is -2.19. The topological polar surface area (TPSA) is 33.1 Å². The van der Waals surface area contributed by atoms with Crippen molar-refractivity contribution < 1.29 is 0 Å². The van der Waals surface area contributed by atoms with Crippen LogP contribution in [-0.4, -0.2) is 30.9 Å². The van der Waals surface area contributed by atoms with Gasteiger partial charge in [0.05, 0.1) is 11.7 Å². The smallest absolute Gasteiger partial charge is 0.0745 e. The summed E-state index contributed by atoms with van der Waals surface area (Å²) < 4.78 is 2.03. The zero-order chi connectivity index (χ0) is 13.8. The van der Waals surface area contributed by atoms with Gasteiger partial charge in [0.15, 0.2) is 0 Å². The van der Waals surface area contributed by atoms with Gasteiger partial charge in [-0.3, -0.25) is 4.68 Å². The van der Waals surface area contributed by atoms with Crippen LogP contribution in [0.5, 0.6) is 0 Å². The summed E-state index contributed by atoms with van der Waals surface area (Å²) in [7, 11) is 6.09. The second-order valence-electron chi connectivity index (χ2n) is 4.78. The van der Waals surface area contributed by atoms with Gasteiger partial charge >= 0.3 is 0 Å². The van der Waals surface area contributed by atoms with E-state index in [0.717, 1.165) is 6.54 Å². The molecule has 0 spiro atoms. The average molecular weight is 258 g/mol. The van der Waals surface area contributed by atoms with E-state index in [2.05, 4.69) is 66.7 Å². The molecule has 0 bridgehead atoms. The van der Waals surface area contributed by atoms with Crippen LogP contribution in [0.1, 0.15) is 24.2 Å². The first kappa shape index (κ1) is 13.6. The van der Waals surface area contributed by atoms with Gasteiger partial charge in [0, 0.05) is 32.5 Å². The van der Waals surface area contributed by atoms with Gasteiger partial charge in [-0.1, -0.05) is 12.1 Å². The van der Waals surface area contributed by atoms with Crippen molar-refractivity contribution in [2.24, 2.45) is 0 Å². The fourth-order valence-corrected chi connectivity index (χ4v) is 2.30. The Bertz CT molecular complexity index is 513. The van der Waals surface area contributed by atoms with Crippen molar-refractivity contribution in [2.45, 2.75) is 19.5 Å². The van der Waals surface area contributed by atoms with Crippen molar-refractivity contribution in [3.63, 3.8) is 0 Å². The van der Waals surface area contributed by atoms with Crippen molar-refractivity contribution >= 4 is 5.69 Å². The van der Waals surface area contributed by atoms with Gasteiger partial charge in [-0.25, -0.2) is 0 Å². The predicted octanol–water partition coefficient (Wildman–Crippen LogP) is 2.28. The van der Waals surface area contributed by atoms with E-state index in [4.69, 9.17) is 0 Å². The second-order valence-corrected chi connectivity index (χ2v) is 4.78. The van der Waals surface area contributed by atoms with E-state index in [-0.39, 0.29) is 6.04 Å². The van der Waals surface area contributed by atoms with Gasteiger partial charge in [0.2, 0.25) is 0 Å². The van der Waals surface area contributed by atoms with Gasteiger partial charge < -0.3 is 10.2 Å². The highest BCUT2D eigenvalue weighted by Crippen LogP contribution is 2.23. The summed E-state index contributed by atoms with van der Waals surface area (Å²) in [6, 6.07) is 10.9. The third-order valence-corrected chi connectivity index (χ3v) is 3.38. The van der Waals surface area contributed by atoms with Gasteiger partial charge in [-0.05, 0) is 37.7 Å². The van der Waals surface area contributed by atoms with Crippen molar-refractivity contribution in [3.8, 4) is 0 Å². The molecule has 4 nitrogen and oxygen atoms in total. The Balaban J connectivity index is 2.32. The van der Waals surface area contributed by atoms with Crippen LogP contribution in [0.25, 0.3) is 0 Å². The molecule has 0 saturated heterocycles. The summed E-state index contributed by atoms with van der Waals surface area (Å²) in [6.07, 6.45) is 1.86. The molecular weight excluding hydrogens is 236 g/mol. The molecule has 0 fully saturated rings. The first-order chi connectivity index (χ1) is 9.17. The Morgan fingerprint density at radius 3 is 2.42 bits per heavy atom. The van der Waals surface area contributed by atoms with E-state index >= 15 is 0 Å². The number of aryl methyl sites for hydroxylation is 1. The van der Waals surface area contributed by atoms with Gasteiger partial charge in [0.25, 0.3) is 0 Å². The number of rotatable bonds is 5. The van der Waals surface area contributed by atoms with Gasteiger partial charge in [-0.2, -0.15) is 5.10 Å². The van der Waals surface area contributed by atoms with E-state index in [9.17, 15) is 0 Å². The fourth-order valence-electron chi connectivity index (χ4n) is 2.30. The SMILES string of the molecule is CCn1nccc1C(NC)c1ccc(N(C)C)cc1. The highest BCUT2D eigenvalue weighted by molar-refractivity contribution is 5.47. The minimum absolute atomic E-state index is 0.179. The molecule has 1 unspecified atom stereocenters. The first-order valence-electron chi connectivity index (χ1n) is 6.63. The predicted molar refractivity (Wildman–Crippen MR) is 79.6 cm³/mol. The summed E-state index contributed by atoms with van der Waals surface area (Å²) in [5.41, 5.74) is 3.66. The lowest BCUT2D eigenvalue weighted by molar-refractivity contribution is 0.563. The summed E-state index contributed by atoms with van der Waals surface area (Å²) >= 11 is 0. The largest absolute Gasteiger partial charge is 0.378 e. The number of nitrogens with one attached hydrogen (secondary N) is 1. The molecule has 0 aliphatic heterocycles. The van der Waals surface area contributed by atoms with E-state index in [1.807, 2.05) is 17.9 Å². The van der Waals surface area contributed by atoms with E-state index < -0.39 is 0 Å². The molecule has 19 heavy (non-hydrogen) atoms. The molecule has 0 aliphatic rings. The molecule has 0 amide bonds. The molecule has 102 valence electrons. The van der Waals surface area contributed by atoms with Crippen LogP contribution in [0.4, 0.5) is 5.69 Å². The van der Waals surface area contributed by atoms with Crippen molar-refractivity contribution in [2.75, 3.05) is 26.0 Å². The van der Waals surface area contributed by atoms with Gasteiger partial charge in [-0.15, -0.1) is 0 Å². The lowest BCUT2D eigenvalue weighted by Crippen LogP contribution is -2.21. The molecule has 1 aromatic carbocycles. The number of nitrogens with zero attached hydrogens (tertiary/aromatic N) is 3. The van der Waals surface area contributed by atoms with Crippen molar-refractivity contribution in [1.82, 2.24) is 15.1 Å². The molecule has 2 aromatic rings. The second kappa shape index (κ2) is 5.89. The summed E-state index contributed by atoms with van der Waals surface area (Å²) in [5.74, 6) is 0. The Hall–Kier alpha value is -1.81. The minimum atomic E-state index is 0.179. The number of benzene rings is 1. The molecule has 0 aliphatic carbocycles. The molecule has 2 rings (SSSR count). The highest BCUT2D eigenvalue weighted by Gasteiger charge is 2.15. The number of hydrogen-bond donors (Lipinski definition) is 1. The minimum Gasteiger partial charge on any atom is -0.378 e. The lowest BCUT2D eigenvalue weighted by atomic mass is 10.0. The maximum atomic E-state index is 4.34. The Labute approximate surface area is 115 Å². The van der Waals surface area contributed by atoms with Crippen LogP contribution >= 0.6 is 0 Å². The van der Waals surface area contributed by atoms with Crippen LogP contribution in [0, 0.1) is 0 Å². The van der Waals surface area contributed by atoms with Crippen molar-refractivity contribution in [3.05, 3.63) is 47.8 Å². The maximum absolute atomic E-state index is 4.34. The number of hydrogen-bond acceptors (Lipinski definition) is 3. The molecule has 4 heteroatoms. The maximum Gasteiger partial charge on any atom is 0.0745 e. The molecule has 1 heterocycles.